The molecule has 0 spiro atoms. The Bertz CT molecular complexity index is 453. The second kappa shape index (κ2) is 9.41. The summed E-state index contributed by atoms with van der Waals surface area (Å²) in [5, 5.41) is 11.6. The lowest BCUT2D eigenvalue weighted by molar-refractivity contribution is -0.141. The van der Waals surface area contributed by atoms with Crippen molar-refractivity contribution in [3.8, 4) is 0 Å². The van der Waals surface area contributed by atoms with Crippen LogP contribution in [0.1, 0.15) is 30.9 Å². The summed E-state index contributed by atoms with van der Waals surface area (Å²) in [6.45, 7) is 0. The van der Waals surface area contributed by atoms with Crippen LogP contribution in [0, 0.1) is 0 Å². The van der Waals surface area contributed by atoms with Gasteiger partial charge < -0.3 is 16.2 Å². The van der Waals surface area contributed by atoms with Gasteiger partial charge in [0.25, 0.3) is 0 Å². The monoisotopic (exact) mass is 310 g/mol. The molecular formula is C15H22N2O3S. The SMILES string of the molecule is CSCC[C@H](NC(=O)CCC(N)c1ccccc1)C(=O)O. The number of carboxylic acid groups (broad SMARTS) is 1. The van der Waals surface area contributed by atoms with E-state index in [1.807, 2.05) is 36.6 Å². The first-order valence-electron chi connectivity index (χ1n) is 6.86. The zero-order valence-electron chi connectivity index (χ0n) is 12.1. The summed E-state index contributed by atoms with van der Waals surface area (Å²) >= 11 is 1.56. The van der Waals surface area contributed by atoms with Crippen LogP contribution in [-0.4, -0.2) is 35.0 Å². The Morgan fingerprint density at radius 1 is 1.29 bits per heavy atom. The molecule has 0 saturated heterocycles. The Morgan fingerprint density at radius 2 is 1.95 bits per heavy atom. The smallest absolute Gasteiger partial charge is 0.326 e. The zero-order chi connectivity index (χ0) is 15.7. The highest BCUT2D eigenvalue weighted by atomic mass is 32.2. The molecule has 0 bridgehead atoms. The van der Waals surface area contributed by atoms with Gasteiger partial charge in [-0.2, -0.15) is 11.8 Å². The standard InChI is InChI=1S/C15H22N2O3S/c1-21-10-9-13(15(19)20)17-14(18)8-7-12(16)11-5-3-2-4-6-11/h2-6,12-13H,7-10,16H2,1H3,(H,17,18)(H,19,20)/t12?,13-/m0/s1. The Hall–Kier alpha value is -1.53. The number of nitrogens with two attached hydrogens (primary N) is 1. The van der Waals surface area contributed by atoms with E-state index < -0.39 is 12.0 Å². The fraction of sp³-hybridized carbons (Fsp3) is 0.467. The van der Waals surface area contributed by atoms with Crippen LogP contribution in [0.4, 0.5) is 0 Å². The number of hydrogen-bond acceptors (Lipinski definition) is 4. The summed E-state index contributed by atoms with van der Waals surface area (Å²) in [5.41, 5.74) is 6.99. The number of carbonyl (C=O) groups is 2. The minimum Gasteiger partial charge on any atom is -0.480 e. The summed E-state index contributed by atoms with van der Waals surface area (Å²) < 4.78 is 0. The highest BCUT2D eigenvalue weighted by Crippen LogP contribution is 2.15. The maximum atomic E-state index is 11.8. The number of benzene rings is 1. The maximum Gasteiger partial charge on any atom is 0.326 e. The van der Waals surface area contributed by atoms with Gasteiger partial charge in [-0.15, -0.1) is 0 Å². The fourth-order valence-electron chi connectivity index (χ4n) is 1.91. The predicted molar refractivity (Wildman–Crippen MR) is 85.2 cm³/mol. The van der Waals surface area contributed by atoms with E-state index in [0.29, 0.717) is 18.6 Å². The summed E-state index contributed by atoms with van der Waals surface area (Å²) in [6, 6.07) is 8.51. The molecule has 0 fully saturated rings. The molecule has 0 aliphatic heterocycles. The van der Waals surface area contributed by atoms with Crippen molar-refractivity contribution in [2.45, 2.75) is 31.3 Å². The largest absolute Gasteiger partial charge is 0.480 e. The molecule has 1 aromatic carbocycles. The molecule has 1 rings (SSSR count). The first kappa shape index (κ1) is 17.5. The number of nitrogens with one attached hydrogen (secondary N) is 1. The fourth-order valence-corrected chi connectivity index (χ4v) is 2.38. The summed E-state index contributed by atoms with van der Waals surface area (Å²) in [5.74, 6) is -0.569. The van der Waals surface area contributed by atoms with Crippen molar-refractivity contribution < 1.29 is 14.7 Å². The van der Waals surface area contributed by atoms with E-state index in [1.54, 1.807) is 11.8 Å². The van der Waals surface area contributed by atoms with Gasteiger partial charge in [0, 0.05) is 12.5 Å². The molecule has 0 aromatic heterocycles. The van der Waals surface area contributed by atoms with E-state index in [0.717, 1.165) is 5.56 Å². The molecule has 0 aliphatic carbocycles. The number of carbonyl (C=O) groups excluding carboxylic acids is 1. The minimum atomic E-state index is -0.996. The van der Waals surface area contributed by atoms with Crippen molar-refractivity contribution in [1.82, 2.24) is 5.32 Å². The third kappa shape index (κ3) is 6.64. The predicted octanol–water partition coefficient (Wildman–Crippen LogP) is 1.79. The molecule has 0 heterocycles. The van der Waals surface area contributed by atoms with Gasteiger partial charge in [-0.1, -0.05) is 30.3 Å². The molecule has 1 aromatic rings. The molecule has 0 radical (unpaired) electrons. The molecule has 0 saturated carbocycles. The lowest BCUT2D eigenvalue weighted by Gasteiger charge is -2.15. The van der Waals surface area contributed by atoms with Crippen molar-refractivity contribution in [3.63, 3.8) is 0 Å². The summed E-state index contributed by atoms with van der Waals surface area (Å²) in [7, 11) is 0. The second-order valence-corrected chi connectivity index (χ2v) is 5.78. The molecule has 116 valence electrons. The van der Waals surface area contributed by atoms with Crippen molar-refractivity contribution in [2.24, 2.45) is 5.73 Å². The highest BCUT2D eigenvalue weighted by Gasteiger charge is 2.19. The van der Waals surface area contributed by atoms with E-state index in [-0.39, 0.29) is 18.4 Å². The van der Waals surface area contributed by atoms with Crippen LogP contribution in [0.2, 0.25) is 0 Å². The van der Waals surface area contributed by atoms with E-state index >= 15 is 0 Å². The lowest BCUT2D eigenvalue weighted by atomic mass is 10.0. The molecule has 0 aliphatic rings. The van der Waals surface area contributed by atoms with Gasteiger partial charge in [0.15, 0.2) is 0 Å². The molecule has 1 amide bonds. The third-order valence-corrected chi connectivity index (χ3v) is 3.80. The van der Waals surface area contributed by atoms with Gasteiger partial charge in [0.2, 0.25) is 5.91 Å². The van der Waals surface area contributed by atoms with Crippen LogP contribution in [0.5, 0.6) is 0 Å². The molecular weight excluding hydrogens is 288 g/mol. The van der Waals surface area contributed by atoms with E-state index in [1.165, 1.54) is 0 Å². The van der Waals surface area contributed by atoms with Crippen LogP contribution in [0.3, 0.4) is 0 Å². The zero-order valence-corrected chi connectivity index (χ0v) is 12.9. The number of thioether (sulfide) groups is 1. The van der Waals surface area contributed by atoms with Crippen LogP contribution in [-0.2, 0) is 9.59 Å². The van der Waals surface area contributed by atoms with Gasteiger partial charge in [-0.3, -0.25) is 4.79 Å². The number of aliphatic carboxylic acids is 1. The normalized spacial score (nSPS) is 13.4. The number of rotatable bonds is 9. The second-order valence-electron chi connectivity index (χ2n) is 4.80. The van der Waals surface area contributed by atoms with Crippen molar-refractivity contribution in [3.05, 3.63) is 35.9 Å². The number of carboxylic acids is 1. The lowest BCUT2D eigenvalue weighted by Crippen LogP contribution is -2.41. The summed E-state index contributed by atoms with van der Waals surface area (Å²) in [6.07, 6.45) is 3.04. The topological polar surface area (TPSA) is 92.4 Å². The molecule has 21 heavy (non-hydrogen) atoms. The van der Waals surface area contributed by atoms with Crippen LogP contribution in [0.25, 0.3) is 0 Å². The van der Waals surface area contributed by atoms with Gasteiger partial charge in [-0.25, -0.2) is 4.79 Å². The quantitative estimate of drug-likeness (QED) is 0.646. The molecule has 1 unspecified atom stereocenters. The van der Waals surface area contributed by atoms with Crippen LogP contribution < -0.4 is 11.1 Å². The summed E-state index contributed by atoms with van der Waals surface area (Å²) in [4.78, 5) is 22.9. The van der Waals surface area contributed by atoms with Crippen molar-refractivity contribution in [2.75, 3.05) is 12.0 Å². The average molecular weight is 310 g/mol. The van der Waals surface area contributed by atoms with Crippen molar-refractivity contribution >= 4 is 23.6 Å². The Kier molecular flexibility index (Phi) is 7.85. The average Bonchev–Trinajstić information content (AvgIpc) is 2.49. The van der Waals surface area contributed by atoms with Gasteiger partial charge >= 0.3 is 5.97 Å². The molecule has 2 atom stereocenters. The Labute approximate surface area is 129 Å². The molecule has 6 heteroatoms. The van der Waals surface area contributed by atoms with E-state index in [9.17, 15) is 9.59 Å². The van der Waals surface area contributed by atoms with Gasteiger partial charge in [0.1, 0.15) is 6.04 Å². The Morgan fingerprint density at radius 3 is 2.52 bits per heavy atom. The molecule has 4 N–H and O–H groups in total. The minimum absolute atomic E-state index is 0.216. The molecule has 5 nitrogen and oxygen atoms in total. The third-order valence-electron chi connectivity index (χ3n) is 3.15. The van der Waals surface area contributed by atoms with Gasteiger partial charge in [-0.05, 0) is 30.4 Å². The first-order valence-corrected chi connectivity index (χ1v) is 8.25. The highest BCUT2D eigenvalue weighted by molar-refractivity contribution is 7.98. The number of amides is 1. The van der Waals surface area contributed by atoms with Crippen molar-refractivity contribution in [1.29, 1.82) is 0 Å². The van der Waals surface area contributed by atoms with Crippen LogP contribution >= 0.6 is 11.8 Å². The number of hydrogen-bond donors (Lipinski definition) is 3. The maximum absolute atomic E-state index is 11.8. The first-order chi connectivity index (χ1) is 10.0. The Balaban J connectivity index is 2.40. The van der Waals surface area contributed by atoms with E-state index in [2.05, 4.69) is 5.32 Å². The van der Waals surface area contributed by atoms with Crippen LogP contribution in [0.15, 0.2) is 30.3 Å². The van der Waals surface area contributed by atoms with E-state index in [4.69, 9.17) is 10.8 Å². The van der Waals surface area contributed by atoms with Gasteiger partial charge in [0.05, 0.1) is 0 Å².